The largest absolute Gasteiger partial charge is 0.340 e. The van der Waals surface area contributed by atoms with Crippen molar-refractivity contribution in [3.05, 3.63) is 0 Å². The van der Waals surface area contributed by atoms with E-state index in [9.17, 15) is 4.79 Å². The van der Waals surface area contributed by atoms with E-state index in [1.54, 1.807) is 0 Å². The molecular formula is C15H31N3O. The fourth-order valence-electron chi connectivity index (χ4n) is 2.72. The van der Waals surface area contributed by atoms with Gasteiger partial charge in [-0.2, -0.15) is 0 Å². The Balaban J connectivity index is 2.19. The lowest BCUT2D eigenvalue weighted by Gasteiger charge is -2.36. The molecule has 0 bridgehead atoms. The zero-order chi connectivity index (χ0) is 14.1. The van der Waals surface area contributed by atoms with Crippen LogP contribution in [0, 0.1) is 5.92 Å². The van der Waals surface area contributed by atoms with E-state index in [-0.39, 0.29) is 5.92 Å². The van der Waals surface area contributed by atoms with E-state index in [1.807, 2.05) is 0 Å². The Hall–Kier alpha value is -0.610. The number of carbonyl (C=O) groups excluding carboxylic acids is 1. The molecule has 19 heavy (non-hydrogen) atoms. The van der Waals surface area contributed by atoms with Gasteiger partial charge in [-0.05, 0) is 32.4 Å². The number of nitrogens with two attached hydrogens (primary N) is 1. The molecule has 1 saturated heterocycles. The van der Waals surface area contributed by atoms with E-state index in [0.717, 1.165) is 58.5 Å². The van der Waals surface area contributed by atoms with Crippen molar-refractivity contribution in [1.29, 1.82) is 0 Å². The number of hydrogen-bond acceptors (Lipinski definition) is 3. The first-order valence-corrected chi connectivity index (χ1v) is 7.90. The predicted molar refractivity (Wildman–Crippen MR) is 80.0 cm³/mol. The average molecular weight is 269 g/mol. The zero-order valence-electron chi connectivity index (χ0n) is 12.7. The number of amides is 1. The minimum atomic E-state index is 0.195. The summed E-state index contributed by atoms with van der Waals surface area (Å²) in [4.78, 5) is 16.7. The molecule has 0 aromatic rings. The van der Waals surface area contributed by atoms with Crippen molar-refractivity contribution in [3.8, 4) is 0 Å². The first kappa shape index (κ1) is 16.4. The van der Waals surface area contributed by atoms with Gasteiger partial charge in [-0.1, -0.05) is 26.7 Å². The van der Waals surface area contributed by atoms with Crippen molar-refractivity contribution in [2.24, 2.45) is 11.7 Å². The molecule has 0 saturated carbocycles. The van der Waals surface area contributed by atoms with Gasteiger partial charge in [-0.15, -0.1) is 0 Å². The molecule has 0 aromatic carbocycles. The van der Waals surface area contributed by atoms with Crippen LogP contribution in [-0.4, -0.2) is 55.0 Å². The molecule has 0 spiro atoms. The summed E-state index contributed by atoms with van der Waals surface area (Å²) >= 11 is 0. The molecule has 2 N–H and O–H groups in total. The summed E-state index contributed by atoms with van der Waals surface area (Å²) in [6.07, 6.45) is 5.69. The topological polar surface area (TPSA) is 49.6 Å². The van der Waals surface area contributed by atoms with Crippen LogP contribution in [0.25, 0.3) is 0 Å². The van der Waals surface area contributed by atoms with Crippen molar-refractivity contribution in [2.75, 3.05) is 39.3 Å². The van der Waals surface area contributed by atoms with Crippen LogP contribution < -0.4 is 5.73 Å². The zero-order valence-corrected chi connectivity index (χ0v) is 12.7. The maximum atomic E-state index is 12.2. The highest BCUT2D eigenvalue weighted by molar-refractivity contribution is 5.78. The highest BCUT2D eigenvalue weighted by atomic mass is 16.2. The van der Waals surface area contributed by atoms with Crippen LogP contribution >= 0.6 is 0 Å². The van der Waals surface area contributed by atoms with Gasteiger partial charge >= 0.3 is 0 Å². The van der Waals surface area contributed by atoms with E-state index in [1.165, 1.54) is 12.8 Å². The van der Waals surface area contributed by atoms with Gasteiger partial charge in [0.25, 0.3) is 0 Å². The molecule has 0 aromatic heterocycles. The van der Waals surface area contributed by atoms with Gasteiger partial charge in [0.2, 0.25) is 5.91 Å². The van der Waals surface area contributed by atoms with Crippen LogP contribution in [0.15, 0.2) is 0 Å². The van der Waals surface area contributed by atoms with Gasteiger partial charge in [0.15, 0.2) is 0 Å². The summed E-state index contributed by atoms with van der Waals surface area (Å²) in [5, 5.41) is 0. The monoisotopic (exact) mass is 269 g/mol. The Morgan fingerprint density at radius 2 is 1.84 bits per heavy atom. The molecule has 1 heterocycles. The molecular weight excluding hydrogens is 238 g/mol. The lowest BCUT2D eigenvalue weighted by Crippen LogP contribution is -2.50. The van der Waals surface area contributed by atoms with E-state index >= 15 is 0 Å². The van der Waals surface area contributed by atoms with Gasteiger partial charge in [0, 0.05) is 32.1 Å². The summed E-state index contributed by atoms with van der Waals surface area (Å²) < 4.78 is 0. The summed E-state index contributed by atoms with van der Waals surface area (Å²) in [5.41, 5.74) is 5.49. The summed E-state index contributed by atoms with van der Waals surface area (Å²) in [6, 6.07) is 0. The highest BCUT2D eigenvalue weighted by Crippen LogP contribution is 2.12. The standard InChI is InChI=1S/C15H31N3O/c1-3-7-14(2)15(19)18-12-10-17(11-13-18)9-6-4-5-8-16/h14H,3-13,16H2,1-2H3. The number of nitrogens with zero attached hydrogens (tertiary/aromatic N) is 2. The van der Waals surface area contributed by atoms with Crippen LogP contribution in [0.4, 0.5) is 0 Å². The molecule has 1 atom stereocenters. The van der Waals surface area contributed by atoms with Gasteiger partial charge in [0.1, 0.15) is 0 Å². The normalized spacial score (nSPS) is 18.6. The number of piperazine rings is 1. The molecule has 0 radical (unpaired) electrons. The maximum Gasteiger partial charge on any atom is 0.225 e. The molecule has 1 aliphatic rings. The molecule has 4 heteroatoms. The summed E-state index contributed by atoms with van der Waals surface area (Å²) in [6.45, 7) is 10.0. The van der Waals surface area contributed by atoms with Crippen LogP contribution in [-0.2, 0) is 4.79 Å². The van der Waals surface area contributed by atoms with Crippen LogP contribution in [0.3, 0.4) is 0 Å². The predicted octanol–water partition coefficient (Wildman–Crippen LogP) is 1.70. The molecule has 1 aliphatic heterocycles. The van der Waals surface area contributed by atoms with Crippen molar-refractivity contribution in [3.63, 3.8) is 0 Å². The fraction of sp³-hybridized carbons (Fsp3) is 0.933. The maximum absolute atomic E-state index is 12.2. The molecule has 4 nitrogen and oxygen atoms in total. The second-order valence-corrected chi connectivity index (χ2v) is 5.71. The van der Waals surface area contributed by atoms with E-state index in [4.69, 9.17) is 5.73 Å². The Morgan fingerprint density at radius 1 is 1.16 bits per heavy atom. The Kier molecular flexibility index (Phi) is 8.07. The average Bonchev–Trinajstić information content (AvgIpc) is 2.44. The van der Waals surface area contributed by atoms with E-state index in [0.29, 0.717) is 5.91 Å². The second-order valence-electron chi connectivity index (χ2n) is 5.71. The first-order chi connectivity index (χ1) is 9.19. The summed E-state index contributed by atoms with van der Waals surface area (Å²) in [7, 11) is 0. The Bertz CT molecular complexity index is 250. The van der Waals surface area contributed by atoms with Gasteiger partial charge in [-0.25, -0.2) is 0 Å². The lowest BCUT2D eigenvalue weighted by molar-refractivity contribution is -0.137. The van der Waals surface area contributed by atoms with Gasteiger partial charge < -0.3 is 10.6 Å². The van der Waals surface area contributed by atoms with Crippen molar-refractivity contribution in [1.82, 2.24) is 9.80 Å². The van der Waals surface area contributed by atoms with Crippen molar-refractivity contribution >= 4 is 5.91 Å². The SMILES string of the molecule is CCCC(C)C(=O)N1CCN(CCCCCN)CC1. The Morgan fingerprint density at radius 3 is 2.42 bits per heavy atom. The second kappa shape index (κ2) is 9.32. The van der Waals surface area contributed by atoms with E-state index in [2.05, 4.69) is 23.6 Å². The quantitative estimate of drug-likeness (QED) is 0.682. The van der Waals surface area contributed by atoms with Crippen molar-refractivity contribution in [2.45, 2.75) is 46.0 Å². The molecule has 1 rings (SSSR count). The third-order valence-corrected chi connectivity index (χ3v) is 4.01. The minimum absolute atomic E-state index is 0.195. The van der Waals surface area contributed by atoms with Gasteiger partial charge in [-0.3, -0.25) is 9.69 Å². The summed E-state index contributed by atoms with van der Waals surface area (Å²) in [5.74, 6) is 0.547. The third kappa shape index (κ3) is 5.91. The number of unbranched alkanes of at least 4 members (excludes halogenated alkanes) is 2. The first-order valence-electron chi connectivity index (χ1n) is 7.90. The lowest BCUT2D eigenvalue weighted by atomic mass is 10.0. The van der Waals surface area contributed by atoms with Gasteiger partial charge in [0.05, 0.1) is 0 Å². The highest BCUT2D eigenvalue weighted by Gasteiger charge is 2.23. The van der Waals surface area contributed by atoms with Crippen molar-refractivity contribution < 1.29 is 4.79 Å². The van der Waals surface area contributed by atoms with Crippen LogP contribution in [0.1, 0.15) is 46.0 Å². The molecule has 1 fully saturated rings. The van der Waals surface area contributed by atoms with Crippen LogP contribution in [0.5, 0.6) is 0 Å². The Labute approximate surface area is 118 Å². The number of rotatable bonds is 8. The van der Waals surface area contributed by atoms with E-state index < -0.39 is 0 Å². The molecule has 0 aliphatic carbocycles. The number of hydrogen-bond donors (Lipinski definition) is 1. The smallest absolute Gasteiger partial charge is 0.225 e. The molecule has 1 unspecified atom stereocenters. The molecule has 112 valence electrons. The van der Waals surface area contributed by atoms with Crippen LogP contribution in [0.2, 0.25) is 0 Å². The fourth-order valence-corrected chi connectivity index (χ4v) is 2.72. The molecule has 1 amide bonds. The number of carbonyl (C=O) groups is 1. The third-order valence-electron chi connectivity index (χ3n) is 4.01. The minimum Gasteiger partial charge on any atom is -0.340 e.